The molecule has 8 heteroatoms. The van der Waals surface area contributed by atoms with Gasteiger partial charge in [-0.25, -0.2) is 17.9 Å². The van der Waals surface area contributed by atoms with Crippen LogP contribution in [-0.4, -0.2) is 75.9 Å². The van der Waals surface area contributed by atoms with Gasteiger partial charge in [0.25, 0.3) is 0 Å². The minimum Gasteiger partial charge on any atom is -0.378 e. The second-order valence-electron chi connectivity index (χ2n) is 5.35. The molecule has 1 N–H and O–H groups in total. The van der Waals surface area contributed by atoms with Gasteiger partial charge in [0.15, 0.2) is 0 Å². The van der Waals surface area contributed by atoms with Gasteiger partial charge in [0.2, 0.25) is 10.0 Å². The van der Waals surface area contributed by atoms with Crippen molar-refractivity contribution in [2.45, 2.75) is 25.3 Å². The SMILES string of the molecule is CS(=O)(=O)NCC1CCCCN1C(=O)N1CCOCC1. The maximum Gasteiger partial charge on any atom is 0.320 e. The normalized spacial score (nSPS) is 24.8. The van der Waals surface area contributed by atoms with Crippen molar-refractivity contribution in [3.05, 3.63) is 0 Å². The molecule has 2 heterocycles. The van der Waals surface area contributed by atoms with Gasteiger partial charge in [0.1, 0.15) is 0 Å². The maximum absolute atomic E-state index is 12.5. The number of rotatable bonds is 3. The van der Waals surface area contributed by atoms with Gasteiger partial charge in [-0.15, -0.1) is 0 Å². The Morgan fingerprint density at radius 3 is 2.60 bits per heavy atom. The van der Waals surface area contributed by atoms with E-state index in [0.717, 1.165) is 25.5 Å². The van der Waals surface area contributed by atoms with E-state index in [1.807, 2.05) is 4.90 Å². The highest BCUT2D eigenvalue weighted by atomic mass is 32.2. The third-order valence-electron chi connectivity index (χ3n) is 3.74. The van der Waals surface area contributed by atoms with Crippen molar-refractivity contribution >= 4 is 16.1 Å². The summed E-state index contributed by atoms with van der Waals surface area (Å²) < 4.78 is 30.2. The summed E-state index contributed by atoms with van der Waals surface area (Å²) in [7, 11) is -3.22. The van der Waals surface area contributed by atoms with Crippen LogP contribution in [0.25, 0.3) is 0 Å². The van der Waals surface area contributed by atoms with E-state index in [9.17, 15) is 13.2 Å². The van der Waals surface area contributed by atoms with Gasteiger partial charge in [0, 0.05) is 32.2 Å². The Bertz CT molecular complexity index is 434. The Morgan fingerprint density at radius 1 is 1.25 bits per heavy atom. The monoisotopic (exact) mass is 305 g/mol. The first-order chi connectivity index (χ1) is 9.47. The van der Waals surface area contributed by atoms with Gasteiger partial charge in [-0.3, -0.25) is 0 Å². The molecule has 0 bridgehead atoms. The van der Waals surface area contributed by atoms with Crippen LogP contribution in [0.5, 0.6) is 0 Å². The van der Waals surface area contributed by atoms with Crippen LogP contribution in [-0.2, 0) is 14.8 Å². The quantitative estimate of drug-likeness (QED) is 0.786. The molecule has 2 aliphatic heterocycles. The second kappa shape index (κ2) is 6.73. The summed E-state index contributed by atoms with van der Waals surface area (Å²) in [6.07, 6.45) is 4.00. The van der Waals surface area contributed by atoms with Crippen LogP contribution in [0.15, 0.2) is 0 Å². The fourth-order valence-corrected chi connectivity index (χ4v) is 3.14. The number of nitrogens with one attached hydrogen (secondary N) is 1. The third-order valence-corrected chi connectivity index (χ3v) is 4.43. The average molecular weight is 305 g/mol. The molecule has 0 saturated carbocycles. The molecule has 2 fully saturated rings. The second-order valence-corrected chi connectivity index (χ2v) is 7.18. The lowest BCUT2D eigenvalue weighted by atomic mass is 10.0. The van der Waals surface area contributed by atoms with Crippen molar-refractivity contribution in [2.75, 3.05) is 45.6 Å². The predicted octanol–water partition coefficient (Wildman–Crippen LogP) is -0.158. The van der Waals surface area contributed by atoms with Crippen molar-refractivity contribution in [3.63, 3.8) is 0 Å². The molecule has 2 amide bonds. The molecule has 7 nitrogen and oxygen atoms in total. The minimum atomic E-state index is -3.22. The number of hydrogen-bond acceptors (Lipinski definition) is 4. The third kappa shape index (κ3) is 4.32. The zero-order valence-electron chi connectivity index (χ0n) is 11.9. The molecule has 2 saturated heterocycles. The summed E-state index contributed by atoms with van der Waals surface area (Å²) >= 11 is 0. The van der Waals surface area contributed by atoms with Gasteiger partial charge >= 0.3 is 6.03 Å². The number of amides is 2. The first-order valence-corrected chi connectivity index (χ1v) is 8.94. The van der Waals surface area contributed by atoms with Crippen LogP contribution in [0.1, 0.15) is 19.3 Å². The Labute approximate surface area is 120 Å². The standard InChI is InChI=1S/C12H23N3O4S/c1-20(17,18)13-10-11-4-2-3-5-15(11)12(16)14-6-8-19-9-7-14/h11,13H,2-10H2,1H3. The first kappa shape index (κ1) is 15.5. The van der Waals surface area contributed by atoms with Crippen LogP contribution in [0.4, 0.5) is 4.79 Å². The number of piperidine rings is 1. The largest absolute Gasteiger partial charge is 0.378 e. The van der Waals surface area contributed by atoms with Gasteiger partial charge in [-0.1, -0.05) is 0 Å². The molecule has 0 radical (unpaired) electrons. The van der Waals surface area contributed by atoms with Crippen molar-refractivity contribution in [1.82, 2.24) is 14.5 Å². The minimum absolute atomic E-state index is 0.00769. The number of urea groups is 1. The molecule has 0 spiro atoms. The highest BCUT2D eigenvalue weighted by Crippen LogP contribution is 2.19. The number of hydrogen-bond donors (Lipinski definition) is 1. The fourth-order valence-electron chi connectivity index (χ4n) is 2.65. The van der Waals surface area contributed by atoms with E-state index < -0.39 is 10.0 Å². The molecule has 0 aromatic rings. The molecule has 20 heavy (non-hydrogen) atoms. The van der Waals surface area contributed by atoms with E-state index in [1.54, 1.807) is 4.90 Å². The van der Waals surface area contributed by atoms with E-state index in [1.165, 1.54) is 0 Å². The highest BCUT2D eigenvalue weighted by Gasteiger charge is 2.30. The van der Waals surface area contributed by atoms with Crippen LogP contribution in [0, 0.1) is 0 Å². The number of carbonyl (C=O) groups is 1. The van der Waals surface area contributed by atoms with Gasteiger partial charge in [-0.2, -0.15) is 0 Å². The molecule has 0 aromatic heterocycles. The molecule has 2 aliphatic rings. The Morgan fingerprint density at radius 2 is 1.95 bits per heavy atom. The number of carbonyl (C=O) groups excluding carboxylic acids is 1. The summed E-state index contributed by atoms with van der Waals surface area (Å²) in [5.74, 6) is 0. The number of ether oxygens (including phenoxy) is 1. The fraction of sp³-hybridized carbons (Fsp3) is 0.917. The van der Waals surface area contributed by atoms with Crippen molar-refractivity contribution < 1.29 is 17.9 Å². The van der Waals surface area contributed by atoms with E-state index >= 15 is 0 Å². The number of likely N-dealkylation sites (tertiary alicyclic amines) is 1. The van der Waals surface area contributed by atoms with Crippen LogP contribution >= 0.6 is 0 Å². The zero-order chi connectivity index (χ0) is 14.6. The molecule has 0 aliphatic carbocycles. The summed E-state index contributed by atoms with van der Waals surface area (Å²) in [6, 6.07) is -0.0397. The van der Waals surface area contributed by atoms with Crippen molar-refractivity contribution in [2.24, 2.45) is 0 Å². The first-order valence-electron chi connectivity index (χ1n) is 7.05. The van der Waals surface area contributed by atoms with Crippen molar-refractivity contribution in [1.29, 1.82) is 0 Å². The maximum atomic E-state index is 12.5. The van der Waals surface area contributed by atoms with Gasteiger partial charge in [0.05, 0.1) is 19.5 Å². The van der Waals surface area contributed by atoms with Crippen LogP contribution in [0.2, 0.25) is 0 Å². The van der Waals surface area contributed by atoms with E-state index in [-0.39, 0.29) is 12.1 Å². The average Bonchev–Trinajstić information content (AvgIpc) is 2.45. The predicted molar refractivity (Wildman–Crippen MR) is 75.0 cm³/mol. The molecule has 0 aromatic carbocycles. The van der Waals surface area contributed by atoms with E-state index in [4.69, 9.17) is 4.74 Å². The van der Waals surface area contributed by atoms with E-state index in [0.29, 0.717) is 39.4 Å². The molecule has 2 rings (SSSR count). The van der Waals surface area contributed by atoms with Crippen LogP contribution < -0.4 is 4.72 Å². The molecular weight excluding hydrogens is 282 g/mol. The molecule has 1 unspecified atom stereocenters. The number of sulfonamides is 1. The van der Waals surface area contributed by atoms with Gasteiger partial charge < -0.3 is 14.5 Å². The van der Waals surface area contributed by atoms with Gasteiger partial charge in [-0.05, 0) is 19.3 Å². The van der Waals surface area contributed by atoms with Crippen LogP contribution in [0.3, 0.4) is 0 Å². The summed E-state index contributed by atoms with van der Waals surface area (Å²) in [5, 5.41) is 0. The highest BCUT2D eigenvalue weighted by molar-refractivity contribution is 7.88. The summed E-state index contributed by atoms with van der Waals surface area (Å²) in [5.41, 5.74) is 0. The zero-order valence-corrected chi connectivity index (χ0v) is 12.7. The van der Waals surface area contributed by atoms with E-state index in [2.05, 4.69) is 4.72 Å². The lowest BCUT2D eigenvalue weighted by Gasteiger charge is -2.40. The topological polar surface area (TPSA) is 79.0 Å². The Hall–Kier alpha value is -0.860. The smallest absolute Gasteiger partial charge is 0.320 e. The molecule has 116 valence electrons. The summed E-state index contributed by atoms with van der Waals surface area (Å²) in [6.45, 7) is 3.38. The molecule has 1 atom stereocenters. The summed E-state index contributed by atoms with van der Waals surface area (Å²) in [4.78, 5) is 16.1. The van der Waals surface area contributed by atoms with Crippen molar-refractivity contribution in [3.8, 4) is 0 Å². The number of morpholine rings is 1. The lowest BCUT2D eigenvalue weighted by Crippen LogP contribution is -2.55. The lowest BCUT2D eigenvalue weighted by molar-refractivity contribution is 0.0360. The number of nitrogens with zero attached hydrogens (tertiary/aromatic N) is 2. The molecular formula is C12H23N3O4S. The Kier molecular flexibility index (Phi) is 5.22. The Balaban J connectivity index is 1.96.